The third-order valence-electron chi connectivity index (χ3n) is 6.59. The SMILES string of the molecule is CC(C)NC(=O)c1nnc(N2CCC3(CCCCC3)CC2)n1C1CCOC1. The van der Waals surface area contributed by atoms with Gasteiger partial charge in [0.05, 0.1) is 12.6 Å². The number of ether oxygens (including phenoxy) is 1. The second-order valence-corrected chi connectivity index (χ2v) is 8.89. The van der Waals surface area contributed by atoms with E-state index in [2.05, 4.69) is 20.4 Å². The van der Waals surface area contributed by atoms with E-state index in [0.717, 1.165) is 32.1 Å². The molecule has 27 heavy (non-hydrogen) atoms. The molecule has 1 aromatic heterocycles. The van der Waals surface area contributed by atoms with Crippen LogP contribution in [0.25, 0.3) is 0 Å². The van der Waals surface area contributed by atoms with E-state index in [1.54, 1.807) is 0 Å². The van der Waals surface area contributed by atoms with Crippen LogP contribution in [-0.4, -0.2) is 53.0 Å². The van der Waals surface area contributed by atoms with Crippen molar-refractivity contribution in [3.8, 4) is 0 Å². The predicted molar refractivity (Wildman–Crippen MR) is 104 cm³/mol. The van der Waals surface area contributed by atoms with Crippen molar-refractivity contribution in [1.29, 1.82) is 0 Å². The van der Waals surface area contributed by atoms with Gasteiger partial charge in [-0.1, -0.05) is 19.3 Å². The molecule has 3 fully saturated rings. The van der Waals surface area contributed by atoms with Crippen LogP contribution in [-0.2, 0) is 4.74 Å². The predicted octanol–water partition coefficient (Wildman–Crippen LogP) is 2.93. The molecule has 1 amide bonds. The summed E-state index contributed by atoms with van der Waals surface area (Å²) in [5.74, 6) is 1.13. The van der Waals surface area contributed by atoms with Gasteiger partial charge < -0.3 is 15.0 Å². The number of rotatable bonds is 4. The lowest BCUT2D eigenvalue weighted by atomic mass is 9.68. The largest absolute Gasteiger partial charge is 0.379 e. The second kappa shape index (κ2) is 7.78. The van der Waals surface area contributed by atoms with Gasteiger partial charge in [0.1, 0.15) is 0 Å². The van der Waals surface area contributed by atoms with E-state index < -0.39 is 0 Å². The Morgan fingerprint density at radius 2 is 1.89 bits per heavy atom. The average molecular weight is 376 g/mol. The number of carbonyl (C=O) groups excluding carboxylic acids is 1. The van der Waals surface area contributed by atoms with E-state index in [4.69, 9.17) is 4.74 Å². The van der Waals surface area contributed by atoms with Crippen LogP contribution in [0.5, 0.6) is 0 Å². The third kappa shape index (κ3) is 3.84. The first-order valence-corrected chi connectivity index (χ1v) is 10.7. The number of anilines is 1. The van der Waals surface area contributed by atoms with Crippen LogP contribution < -0.4 is 10.2 Å². The van der Waals surface area contributed by atoms with Gasteiger partial charge in [-0.25, -0.2) is 0 Å². The standard InChI is InChI=1S/C20H33N5O2/c1-15(2)21-18(26)17-22-23-19(25(17)16-6-13-27-14-16)24-11-9-20(10-12-24)7-4-3-5-8-20/h15-16H,3-14H2,1-2H3,(H,21,26). The lowest BCUT2D eigenvalue weighted by Gasteiger charge is -2.44. The summed E-state index contributed by atoms with van der Waals surface area (Å²) >= 11 is 0. The van der Waals surface area contributed by atoms with Crippen molar-refractivity contribution in [3.63, 3.8) is 0 Å². The maximum atomic E-state index is 12.7. The molecular formula is C20H33N5O2. The number of piperidine rings is 1. The first kappa shape index (κ1) is 18.7. The molecule has 150 valence electrons. The van der Waals surface area contributed by atoms with E-state index >= 15 is 0 Å². The lowest BCUT2D eigenvalue weighted by molar-refractivity contribution is 0.0924. The minimum Gasteiger partial charge on any atom is -0.379 e. The second-order valence-electron chi connectivity index (χ2n) is 8.89. The van der Waals surface area contributed by atoms with E-state index in [1.807, 2.05) is 18.4 Å². The molecule has 1 aliphatic carbocycles. The Morgan fingerprint density at radius 3 is 2.52 bits per heavy atom. The summed E-state index contributed by atoms with van der Waals surface area (Å²) in [6.07, 6.45) is 10.3. The number of amides is 1. The van der Waals surface area contributed by atoms with Gasteiger partial charge in [0.25, 0.3) is 5.91 Å². The molecule has 1 spiro atoms. The van der Waals surface area contributed by atoms with E-state index in [9.17, 15) is 4.79 Å². The Balaban J connectivity index is 1.55. The summed E-state index contributed by atoms with van der Waals surface area (Å²) < 4.78 is 7.65. The summed E-state index contributed by atoms with van der Waals surface area (Å²) in [4.78, 5) is 15.0. The Morgan fingerprint density at radius 1 is 1.15 bits per heavy atom. The molecule has 1 unspecified atom stereocenters. The van der Waals surface area contributed by atoms with Crippen molar-refractivity contribution >= 4 is 11.9 Å². The monoisotopic (exact) mass is 375 g/mol. The van der Waals surface area contributed by atoms with Crippen LogP contribution in [0.4, 0.5) is 5.95 Å². The molecule has 7 nitrogen and oxygen atoms in total. The van der Waals surface area contributed by atoms with E-state index in [1.165, 1.54) is 44.9 Å². The molecule has 1 atom stereocenters. The highest BCUT2D eigenvalue weighted by Gasteiger charge is 2.38. The summed E-state index contributed by atoms with van der Waals surface area (Å²) in [7, 11) is 0. The Hall–Kier alpha value is -1.63. The number of hydrogen-bond donors (Lipinski definition) is 1. The van der Waals surface area contributed by atoms with Gasteiger partial charge in [-0.15, -0.1) is 10.2 Å². The Kier molecular flexibility index (Phi) is 5.39. The van der Waals surface area contributed by atoms with Crippen LogP contribution in [0.15, 0.2) is 0 Å². The van der Waals surface area contributed by atoms with Crippen LogP contribution in [0.2, 0.25) is 0 Å². The van der Waals surface area contributed by atoms with Gasteiger partial charge in [0.15, 0.2) is 0 Å². The van der Waals surface area contributed by atoms with Gasteiger partial charge >= 0.3 is 0 Å². The summed E-state index contributed by atoms with van der Waals surface area (Å²) in [5, 5.41) is 11.7. The van der Waals surface area contributed by atoms with Gasteiger partial charge in [0, 0.05) is 25.7 Å². The maximum Gasteiger partial charge on any atom is 0.289 e. The minimum atomic E-state index is -0.142. The van der Waals surface area contributed by atoms with E-state index in [-0.39, 0.29) is 18.0 Å². The molecule has 3 heterocycles. The molecule has 2 saturated heterocycles. The normalized spacial score (nSPS) is 25.3. The molecule has 3 aliphatic rings. The summed E-state index contributed by atoms with van der Waals surface area (Å²) in [5.41, 5.74) is 0.550. The van der Waals surface area contributed by atoms with E-state index in [0.29, 0.717) is 17.8 Å². The van der Waals surface area contributed by atoms with Gasteiger partial charge in [-0.3, -0.25) is 9.36 Å². The minimum absolute atomic E-state index is 0.0760. The zero-order chi connectivity index (χ0) is 18.9. The Labute approximate surface area is 161 Å². The van der Waals surface area contributed by atoms with Crippen molar-refractivity contribution in [3.05, 3.63) is 5.82 Å². The van der Waals surface area contributed by atoms with Crippen LogP contribution in [0.3, 0.4) is 0 Å². The highest BCUT2D eigenvalue weighted by molar-refractivity contribution is 5.91. The number of nitrogens with zero attached hydrogens (tertiary/aromatic N) is 4. The molecule has 0 bridgehead atoms. The molecule has 0 radical (unpaired) electrons. The first-order valence-electron chi connectivity index (χ1n) is 10.7. The van der Waals surface area contributed by atoms with Crippen molar-refractivity contribution in [2.45, 2.75) is 77.3 Å². The molecule has 4 rings (SSSR count). The zero-order valence-electron chi connectivity index (χ0n) is 16.7. The molecule has 7 heteroatoms. The Bertz CT molecular complexity index is 649. The van der Waals surface area contributed by atoms with Crippen molar-refractivity contribution in [2.75, 3.05) is 31.2 Å². The third-order valence-corrected chi connectivity index (χ3v) is 6.59. The quantitative estimate of drug-likeness (QED) is 0.876. The average Bonchev–Trinajstić information content (AvgIpc) is 3.32. The van der Waals surface area contributed by atoms with Crippen LogP contribution in [0, 0.1) is 5.41 Å². The van der Waals surface area contributed by atoms with Gasteiger partial charge in [-0.05, 0) is 51.4 Å². The molecule has 1 saturated carbocycles. The number of aromatic nitrogens is 3. The fourth-order valence-electron chi connectivity index (χ4n) is 5.03. The molecule has 1 N–H and O–H groups in total. The molecular weight excluding hydrogens is 342 g/mol. The van der Waals surface area contributed by atoms with Gasteiger partial charge in [-0.2, -0.15) is 0 Å². The highest BCUT2D eigenvalue weighted by Crippen LogP contribution is 2.45. The fraction of sp³-hybridized carbons (Fsp3) is 0.850. The maximum absolute atomic E-state index is 12.7. The zero-order valence-corrected chi connectivity index (χ0v) is 16.7. The fourth-order valence-corrected chi connectivity index (χ4v) is 5.03. The van der Waals surface area contributed by atoms with Crippen molar-refractivity contribution < 1.29 is 9.53 Å². The highest BCUT2D eigenvalue weighted by atomic mass is 16.5. The molecule has 0 aromatic carbocycles. The van der Waals surface area contributed by atoms with Crippen LogP contribution >= 0.6 is 0 Å². The van der Waals surface area contributed by atoms with Crippen LogP contribution in [0.1, 0.15) is 81.9 Å². The smallest absolute Gasteiger partial charge is 0.289 e. The first-order chi connectivity index (χ1) is 13.1. The number of hydrogen-bond acceptors (Lipinski definition) is 5. The topological polar surface area (TPSA) is 72.3 Å². The number of nitrogens with one attached hydrogen (secondary N) is 1. The molecule has 1 aromatic rings. The molecule has 2 aliphatic heterocycles. The van der Waals surface area contributed by atoms with Crippen molar-refractivity contribution in [1.82, 2.24) is 20.1 Å². The number of carbonyl (C=O) groups is 1. The lowest BCUT2D eigenvalue weighted by Crippen LogP contribution is -2.42. The summed E-state index contributed by atoms with van der Waals surface area (Å²) in [6, 6.07) is 0.223. The summed E-state index contributed by atoms with van der Waals surface area (Å²) in [6.45, 7) is 7.31. The van der Waals surface area contributed by atoms with Crippen molar-refractivity contribution in [2.24, 2.45) is 5.41 Å². The van der Waals surface area contributed by atoms with Gasteiger partial charge in [0.2, 0.25) is 11.8 Å².